The van der Waals surface area contributed by atoms with Crippen molar-refractivity contribution in [1.29, 1.82) is 0 Å². The number of aromatic amines is 1. The molecule has 0 radical (unpaired) electrons. The molecular formula is C7H4IN5. The number of rotatable bonds is 1. The summed E-state index contributed by atoms with van der Waals surface area (Å²) in [6.07, 6.45) is 0. The molecular weight excluding hydrogens is 281 g/mol. The standard InChI is InChI=1S/C7H4IN5/c8-7-4-2-1-3-5(10-13-9)6(4)11-12-7/h1-3H,(H,11,12). The first kappa shape index (κ1) is 8.33. The van der Waals surface area contributed by atoms with E-state index in [2.05, 4.69) is 42.8 Å². The number of fused-ring (bicyclic) bond motifs is 1. The zero-order chi connectivity index (χ0) is 9.26. The molecule has 5 nitrogen and oxygen atoms in total. The Morgan fingerprint density at radius 3 is 3.15 bits per heavy atom. The van der Waals surface area contributed by atoms with Gasteiger partial charge in [0.05, 0.1) is 5.69 Å². The van der Waals surface area contributed by atoms with Crippen molar-refractivity contribution in [1.82, 2.24) is 10.2 Å². The number of aromatic nitrogens is 2. The van der Waals surface area contributed by atoms with Gasteiger partial charge in [-0.25, -0.2) is 0 Å². The summed E-state index contributed by atoms with van der Waals surface area (Å²) < 4.78 is 0.947. The molecule has 0 aliphatic heterocycles. The molecule has 0 saturated carbocycles. The molecule has 0 spiro atoms. The lowest BCUT2D eigenvalue weighted by Gasteiger charge is -1.91. The van der Waals surface area contributed by atoms with Crippen LogP contribution in [0.25, 0.3) is 21.3 Å². The molecule has 64 valence electrons. The van der Waals surface area contributed by atoms with Crippen molar-refractivity contribution >= 4 is 39.2 Å². The second-order valence-corrected chi connectivity index (χ2v) is 3.48. The van der Waals surface area contributed by atoms with Gasteiger partial charge in [0.2, 0.25) is 0 Å². The fourth-order valence-corrected chi connectivity index (χ4v) is 1.68. The van der Waals surface area contributed by atoms with E-state index in [4.69, 9.17) is 5.53 Å². The van der Waals surface area contributed by atoms with Gasteiger partial charge in [0, 0.05) is 10.3 Å². The van der Waals surface area contributed by atoms with Crippen molar-refractivity contribution in [2.45, 2.75) is 0 Å². The number of hydrogen-bond donors (Lipinski definition) is 1. The Kier molecular flexibility index (Phi) is 2.07. The van der Waals surface area contributed by atoms with Crippen molar-refractivity contribution in [3.05, 3.63) is 32.3 Å². The third-order valence-corrected chi connectivity index (χ3v) is 2.49. The van der Waals surface area contributed by atoms with Crippen LogP contribution in [0.5, 0.6) is 0 Å². The molecule has 13 heavy (non-hydrogen) atoms. The predicted molar refractivity (Wildman–Crippen MR) is 57.6 cm³/mol. The average Bonchev–Trinajstić information content (AvgIpc) is 2.50. The Hall–Kier alpha value is -1.27. The van der Waals surface area contributed by atoms with Crippen LogP contribution in [-0.4, -0.2) is 10.2 Å². The zero-order valence-electron chi connectivity index (χ0n) is 6.40. The smallest absolute Gasteiger partial charge is 0.104 e. The average molecular weight is 285 g/mol. The summed E-state index contributed by atoms with van der Waals surface area (Å²) in [7, 11) is 0. The lowest BCUT2D eigenvalue weighted by atomic mass is 10.2. The lowest BCUT2D eigenvalue weighted by Crippen LogP contribution is -1.68. The largest absolute Gasteiger partial charge is 0.271 e. The Balaban J connectivity index is 2.84. The molecule has 0 fully saturated rings. The highest BCUT2D eigenvalue weighted by Gasteiger charge is 2.04. The van der Waals surface area contributed by atoms with Gasteiger partial charge < -0.3 is 0 Å². The second-order valence-electron chi connectivity index (χ2n) is 2.40. The fraction of sp³-hybridized carbons (Fsp3) is 0. The molecule has 0 aliphatic carbocycles. The minimum absolute atomic E-state index is 0.555. The van der Waals surface area contributed by atoms with Crippen LogP contribution < -0.4 is 0 Å². The normalized spacial score (nSPS) is 9.92. The summed E-state index contributed by atoms with van der Waals surface area (Å²) >= 11 is 2.15. The molecule has 6 heteroatoms. The van der Waals surface area contributed by atoms with Crippen molar-refractivity contribution in [2.24, 2.45) is 5.11 Å². The monoisotopic (exact) mass is 285 g/mol. The maximum absolute atomic E-state index is 8.30. The van der Waals surface area contributed by atoms with E-state index in [1.165, 1.54) is 0 Å². The molecule has 1 aromatic heterocycles. The number of halogens is 1. The summed E-state index contributed by atoms with van der Waals surface area (Å²) in [5.41, 5.74) is 9.57. The molecule has 0 bridgehead atoms. The van der Waals surface area contributed by atoms with Gasteiger partial charge in [0.1, 0.15) is 9.22 Å². The Morgan fingerprint density at radius 2 is 2.38 bits per heavy atom. The fourth-order valence-electron chi connectivity index (χ4n) is 1.12. The molecule has 0 aliphatic rings. The van der Waals surface area contributed by atoms with Crippen LogP contribution in [0, 0.1) is 3.70 Å². The number of nitrogens with zero attached hydrogens (tertiary/aromatic N) is 4. The number of H-pyrrole nitrogens is 1. The minimum atomic E-state index is 0.555. The van der Waals surface area contributed by atoms with E-state index >= 15 is 0 Å². The van der Waals surface area contributed by atoms with Gasteiger partial charge in [-0.15, -0.1) is 0 Å². The quantitative estimate of drug-likeness (QED) is 0.371. The molecule has 0 saturated heterocycles. The van der Waals surface area contributed by atoms with Crippen LogP contribution in [0.2, 0.25) is 0 Å². The van der Waals surface area contributed by atoms with Crippen LogP contribution in [0.3, 0.4) is 0 Å². The third-order valence-electron chi connectivity index (χ3n) is 1.67. The molecule has 1 heterocycles. The molecule has 2 aromatic rings. The lowest BCUT2D eigenvalue weighted by molar-refractivity contribution is 1.09. The van der Waals surface area contributed by atoms with Gasteiger partial charge in [0.25, 0.3) is 0 Å². The maximum Gasteiger partial charge on any atom is 0.104 e. The second kappa shape index (κ2) is 3.23. The number of hydrogen-bond acceptors (Lipinski definition) is 2. The van der Waals surface area contributed by atoms with Crippen LogP contribution in [0.4, 0.5) is 5.69 Å². The summed E-state index contributed by atoms with van der Waals surface area (Å²) in [5.74, 6) is 0. The van der Waals surface area contributed by atoms with Gasteiger partial charge >= 0.3 is 0 Å². The van der Waals surface area contributed by atoms with Crippen LogP contribution in [0.1, 0.15) is 0 Å². The Bertz CT molecular complexity index is 497. The Morgan fingerprint density at radius 1 is 1.54 bits per heavy atom. The number of azide groups is 1. The summed E-state index contributed by atoms with van der Waals surface area (Å²) in [6, 6.07) is 5.50. The summed E-state index contributed by atoms with van der Waals surface area (Å²) in [4.78, 5) is 2.73. The topological polar surface area (TPSA) is 77.4 Å². The molecule has 0 unspecified atom stereocenters. The first-order valence-corrected chi connectivity index (χ1v) is 4.58. The number of nitrogens with one attached hydrogen (secondary N) is 1. The first-order chi connectivity index (χ1) is 6.33. The van der Waals surface area contributed by atoms with Gasteiger partial charge in [-0.3, -0.25) is 5.10 Å². The SMILES string of the molecule is [N-]=[N+]=Nc1cccc2c(I)[nH]nc12. The van der Waals surface area contributed by atoms with E-state index in [9.17, 15) is 0 Å². The van der Waals surface area contributed by atoms with Gasteiger partial charge in [0.15, 0.2) is 0 Å². The highest BCUT2D eigenvalue weighted by molar-refractivity contribution is 14.1. The van der Waals surface area contributed by atoms with Crippen LogP contribution in [0.15, 0.2) is 23.3 Å². The van der Waals surface area contributed by atoms with Gasteiger partial charge in [-0.1, -0.05) is 23.3 Å². The van der Waals surface area contributed by atoms with Gasteiger partial charge in [-0.2, -0.15) is 5.10 Å². The van der Waals surface area contributed by atoms with Crippen molar-refractivity contribution in [3.8, 4) is 0 Å². The van der Waals surface area contributed by atoms with E-state index in [1.54, 1.807) is 6.07 Å². The van der Waals surface area contributed by atoms with Crippen molar-refractivity contribution in [3.63, 3.8) is 0 Å². The minimum Gasteiger partial charge on any atom is -0.271 e. The van der Waals surface area contributed by atoms with E-state index in [0.29, 0.717) is 11.2 Å². The van der Waals surface area contributed by atoms with Crippen molar-refractivity contribution < 1.29 is 0 Å². The molecule has 1 N–H and O–H groups in total. The van der Waals surface area contributed by atoms with Crippen molar-refractivity contribution in [2.75, 3.05) is 0 Å². The number of benzene rings is 1. The molecule has 2 rings (SSSR count). The summed E-state index contributed by atoms with van der Waals surface area (Å²) in [6.45, 7) is 0. The van der Waals surface area contributed by atoms with Gasteiger partial charge in [-0.05, 0) is 28.1 Å². The van der Waals surface area contributed by atoms with E-state index in [-0.39, 0.29) is 0 Å². The highest BCUT2D eigenvalue weighted by Crippen LogP contribution is 2.26. The zero-order valence-corrected chi connectivity index (χ0v) is 8.56. The van der Waals surface area contributed by atoms with E-state index in [1.807, 2.05) is 12.1 Å². The highest BCUT2D eigenvalue weighted by atomic mass is 127. The molecule has 0 amide bonds. The summed E-state index contributed by atoms with van der Waals surface area (Å²) in [5, 5.41) is 11.4. The Labute approximate surface area is 86.9 Å². The third kappa shape index (κ3) is 1.34. The van der Waals surface area contributed by atoms with E-state index in [0.717, 1.165) is 9.09 Å². The van der Waals surface area contributed by atoms with E-state index < -0.39 is 0 Å². The molecule has 0 atom stereocenters. The van der Waals surface area contributed by atoms with Crippen LogP contribution in [-0.2, 0) is 0 Å². The number of para-hydroxylation sites is 1. The maximum atomic E-state index is 8.30. The van der Waals surface area contributed by atoms with Crippen LogP contribution >= 0.6 is 22.6 Å². The molecule has 1 aromatic carbocycles. The predicted octanol–water partition coefficient (Wildman–Crippen LogP) is 3.11. The first-order valence-electron chi connectivity index (χ1n) is 3.50.